The zero-order chi connectivity index (χ0) is 11.8. The summed E-state index contributed by atoms with van der Waals surface area (Å²) in [7, 11) is 4.23. The molecule has 0 radical (unpaired) electrons. The van der Waals surface area contributed by atoms with Gasteiger partial charge in [-0.05, 0) is 12.5 Å². The van der Waals surface area contributed by atoms with Crippen molar-refractivity contribution in [3.05, 3.63) is 35.4 Å². The maximum atomic E-state index is 10.6. The van der Waals surface area contributed by atoms with Gasteiger partial charge in [0.15, 0.2) is 0 Å². The Morgan fingerprint density at radius 3 is 2.62 bits per heavy atom. The monoisotopic (exact) mass is 222 g/mol. The number of hydrogen-bond donors (Lipinski definition) is 1. The Hall–Kier alpha value is -0.900. The molecule has 0 saturated carbocycles. The smallest absolute Gasteiger partial charge is 0.244 e. The van der Waals surface area contributed by atoms with E-state index in [1.165, 1.54) is 0 Å². The van der Waals surface area contributed by atoms with Crippen molar-refractivity contribution in [3.63, 3.8) is 0 Å². The van der Waals surface area contributed by atoms with Gasteiger partial charge in [0.05, 0.1) is 20.7 Å². The maximum absolute atomic E-state index is 10.6. The van der Waals surface area contributed by atoms with Crippen LogP contribution in [0.25, 0.3) is 0 Å². The molecule has 0 amide bonds. The highest BCUT2D eigenvalue weighted by atomic mass is 16.6. The zero-order valence-electron chi connectivity index (χ0n) is 10.2. The third-order valence-corrected chi connectivity index (χ3v) is 3.25. The van der Waals surface area contributed by atoms with Crippen LogP contribution in [0.15, 0.2) is 24.3 Å². The maximum Gasteiger partial charge on any atom is 0.244 e. The predicted molar refractivity (Wildman–Crippen MR) is 62.9 cm³/mol. The van der Waals surface area contributed by atoms with Crippen LogP contribution >= 0.6 is 0 Å². The Morgan fingerprint density at radius 2 is 2.00 bits per heavy atom. The summed E-state index contributed by atoms with van der Waals surface area (Å²) < 4.78 is 6.39. The van der Waals surface area contributed by atoms with Crippen LogP contribution in [0, 0.1) is 6.92 Å². The van der Waals surface area contributed by atoms with Gasteiger partial charge in [0.2, 0.25) is 5.79 Å². The van der Waals surface area contributed by atoms with E-state index in [0.717, 1.165) is 22.2 Å². The second-order valence-corrected chi connectivity index (χ2v) is 5.27. The van der Waals surface area contributed by atoms with E-state index in [1.807, 2.05) is 31.2 Å². The molecular weight excluding hydrogens is 202 g/mol. The molecular formula is C13H20NO2+. The molecule has 1 atom stereocenters. The molecule has 0 unspecified atom stereocenters. The van der Waals surface area contributed by atoms with Crippen molar-refractivity contribution < 1.29 is 14.3 Å². The molecule has 0 aromatic heterocycles. The minimum atomic E-state index is -1.13. The van der Waals surface area contributed by atoms with Crippen molar-refractivity contribution >= 4 is 0 Å². The largest absolute Gasteiger partial charge is 0.357 e. The van der Waals surface area contributed by atoms with Gasteiger partial charge in [-0.3, -0.25) is 0 Å². The molecule has 1 fully saturated rings. The number of nitrogens with zero attached hydrogens (tertiary/aromatic N) is 1. The van der Waals surface area contributed by atoms with Crippen LogP contribution in [0.5, 0.6) is 0 Å². The van der Waals surface area contributed by atoms with Crippen molar-refractivity contribution in [3.8, 4) is 0 Å². The molecule has 0 aliphatic carbocycles. The van der Waals surface area contributed by atoms with Gasteiger partial charge in [-0.15, -0.1) is 0 Å². The number of aliphatic hydroxyl groups is 1. The van der Waals surface area contributed by atoms with E-state index < -0.39 is 5.79 Å². The van der Waals surface area contributed by atoms with Gasteiger partial charge in [-0.2, -0.15) is 0 Å². The highest BCUT2D eigenvalue weighted by Gasteiger charge is 2.42. The SMILES string of the molecule is Cc1ccccc1[C@]1(O)C[N+](C)(C)CCO1. The average Bonchev–Trinajstić information content (AvgIpc) is 2.16. The molecule has 88 valence electrons. The number of ether oxygens (including phenoxy) is 1. The Morgan fingerprint density at radius 1 is 1.31 bits per heavy atom. The van der Waals surface area contributed by atoms with Gasteiger partial charge in [-0.1, -0.05) is 24.3 Å². The van der Waals surface area contributed by atoms with E-state index in [0.29, 0.717) is 13.2 Å². The van der Waals surface area contributed by atoms with E-state index in [1.54, 1.807) is 0 Å². The van der Waals surface area contributed by atoms with E-state index >= 15 is 0 Å². The number of hydrogen-bond acceptors (Lipinski definition) is 2. The second-order valence-electron chi connectivity index (χ2n) is 5.27. The summed E-state index contributed by atoms with van der Waals surface area (Å²) in [6, 6.07) is 7.87. The summed E-state index contributed by atoms with van der Waals surface area (Å²) in [6.45, 7) is 4.13. The molecule has 16 heavy (non-hydrogen) atoms. The lowest BCUT2D eigenvalue weighted by atomic mass is 9.98. The molecule has 3 heteroatoms. The standard InChI is InChI=1S/C13H20NO2/c1-11-6-4-5-7-12(11)13(15)10-14(2,3)8-9-16-13/h4-7,15H,8-10H2,1-3H3/q+1/t13-/m0/s1. The van der Waals surface area contributed by atoms with E-state index in [2.05, 4.69) is 14.1 Å². The number of likely N-dealkylation sites (N-methyl/N-ethyl adjacent to an activating group) is 1. The first-order valence-corrected chi connectivity index (χ1v) is 5.67. The number of rotatable bonds is 1. The third-order valence-electron chi connectivity index (χ3n) is 3.25. The molecule has 1 N–H and O–H groups in total. The van der Waals surface area contributed by atoms with Gasteiger partial charge in [0, 0.05) is 5.56 Å². The molecule has 1 aromatic rings. The van der Waals surface area contributed by atoms with Gasteiger partial charge < -0.3 is 14.3 Å². The molecule has 3 nitrogen and oxygen atoms in total. The molecule has 1 aromatic carbocycles. The first-order valence-electron chi connectivity index (χ1n) is 5.67. The fourth-order valence-electron chi connectivity index (χ4n) is 2.34. The highest BCUT2D eigenvalue weighted by molar-refractivity contribution is 5.29. The van der Waals surface area contributed by atoms with Gasteiger partial charge in [-0.25, -0.2) is 0 Å². The van der Waals surface area contributed by atoms with Crippen LogP contribution in [0.1, 0.15) is 11.1 Å². The zero-order valence-corrected chi connectivity index (χ0v) is 10.2. The average molecular weight is 222 g/mol. The van der Waals surface area contributed by atoms with Crippen LogP contribution in [0.3, 0.4) is 0 Å². The summed E-state index contributed by atoms with van der Waals surface area (Å²) >= 11 is 0. The van der Waals surface area contributed by atoms with Crippen molar-refractivity contribution in [1.29, 1.82) is 0 Å². The van der Waals surface area contributed by atoms with Crippen molar-refractivity contribution in [2.24, 2.45) is 0 Å². The lowest BCUT2D eigenvalue weighted by Crippen LogP contribution is -2.57. The fraction of sp³-hybridized carbons (Fsp3) is 0.538. The number of aryl methyl sites for hydroxylation is 1. The van der Waals surface area contributed by atoms with Gasteiger partial charge >= 0.3 is 0 Å². The van der Waals surface area contributed by atoms with E-state index in [-0.39, 0.29) is 0 Å². The summed E-state index contributed by atoms with van der Waals surface area (Å²) in [5, 5.41) is 10.6. The molecule has 1 saturated heterocycles. The fourth-order valence-corrected chi connectivity index (χ4v) is 2.34. The molecule has 1 aliphatic heterocycles. The van der Waals surface area contributed by atoms with Crippen LogP contribution in [0.2, 0.25) is 0 Å². The lowest BCUT2D eigenvalue weighted by Gasteiger charge is -2.43. The number of morpholine rings is 1. The summed E-state index contributed by atoms with van der Waals surface area (Å²) in [4.78, 5) is 0. The topological polar surface area (TPSA) is 29.5 Å². The molecule has 1 heterocycles. The Labute approximate surface area is 96.9 Å². The Kier molecular flexibility index (Phi) is 2.78. The molecule has 0 spiro atoms. The predicted octanol–water partition coefficient (Wildman–Crippen LogP) is 1.25. The van der Waals surface area contributed by atoms with E-state index in [4.69, 9.17) is 4.74 Å². The summed E-state index contributed by atoms with van der Waals surface area (Å²) in [5.41, 5.74) is 1.97. The third kappa shape index (κ3) is 2.12. The second kappa shape index (κ2) is 3.84. The normalized spacial score (nSPS) is 29.0. The van der Waals surface area contributed by atoms with Gasteiger partial charge in [0.25, 0.3) is 0 Å². The van der Waals surface area contributed by atoms with Crippen LogP contribution < -0.4 is 0 Å². The van der Waals surface area contributed by atoms with E-state index in [9.17, 15) is 5.11 Å². The highest BCUT2D eigenvalue weighted by Crippen LogP contribution is 2.30. The van der Waals surface area contributed by atoms with Crippen molar-refractivity contribution in [1.82, 2.24) is 0 Å². The first kappa shape index (κ1) is 11.6. The molecule has 0 bridgehead atoms. The Balaban J connectivity index is 2.35. The van der Waals surface area contributed by atoms with Crippen molar-refractivity contribution in [2.45, 2.75) is 12.7 Å². The quantitative estimate of drug-likeness (QED) is 0.725. The minimum Gasteiger partial charge on any atom is -0.357 e. The Bertz CT molecular complexity index is 389. The van der Waals surface area contributed by atoms with Crippen LogP contribution in [0.4, 0.5) is 0 Å². The number of quaternary nitrogens is 1. The summed E-state index contributed by atoms with van der Waals surface area (Å²) in [5.74, 6) is -1.13. The minimum absolute atomic E-state index is 0.595. The summed E-state index contributed by atoms with van der Waals surface area (Å²) in [6.07, 6.45) is 0. The van der Waals surface area contributed by atoms with Crippen LogP contribution in [-0.2, 0) is 10.5 Å². The molecule has 2 rings (SSSR count). The van der Waals surface area contributed by atoms with Gasteiger partial charge in [0.1, 0.15) is 13.1 Å². The first-order chi connectivity index (χ1) is 7.43. The van der Waals surface area contributed by atoms with Crippen molar-refractivity contribution in [2.75, 3.05) is 33.8 Å². The lowest BCUT2D eigenvalue weighted by molar-refractivity contribution is -0.912. The molecule has 1 aliphatic rings. The number of benzene rings is 1. The van der Waals surface area contributed by atoms with Crippen LogP contribution in [-0.4, -0.2) is 43.4 Å².